The minimum atomic E-state index is -4.42. The summed E-state index contributed by atoms with van der Waals surface area (Å²) in [4.78, 5) is 17.6. The number of aromatic nitrogens is 1. The lowest BCUT2D eigenvalue weighted by molar-refractivity contribution is -0.139. The molecule has 21 heavy (non-hydrogen) atoms. The Bertz CT molecular complexity index is 550. The highest BCUT2D eigenvalue weighted by molar-refractivity contribution is 5.85. The summed E-state index contributed by atoms with van der Waals surface area (Å²) in [6, 6.07) is 4.42. The third kappa shape index (κ3) is 3.84. The van der Waals surface area contributed by atoms with Crippen LogP contribution in [0, 0.1) is 11.3 Å². The molecule has 2 rings (SSSR count). The van der Waals surface area contributed by atoms with Crippen LogP contribution >= 0.6 is 0 Å². The lowest BCUT2D eigenvalue weighted by Crippen LogP contribution is -2.46. The smallest absolute Gasteiger partial charge is 0.345 e. The first-order chi connectivity index (χ1) is 9.90. The van der Waals surface area contributed by atoms with Crippen LogP contribution in [0.1, 0.15) is 18.4 Å². The average molecular weight is 298 g/mol. The van der Waals surface area contributed by atoms with Crippen molar-refractivity contribution in [2.75, 3.05) is 18.0 Å². The van der Waals surface area contributed by atoms with E-state index in [9.17, 15) is 18.0 Å². The monoisotopic (exact) mass is 298 g/mol. The third-order valence-corrected chi connectivity index (χ3v) is 3.19. The van der Waals surface area contributed by atoms with Gasteiger partial charge in [0, 0.05) is 12.7 Å². The molecule has 112 valence electrons. The largest absolute Gasteiger partial charge is 0.405 e. The summed E-state index contributed by atoms with van der Waals surface area (Å²) in [5.41, 5.74) is 0.385. The van der Waals surface area contributed by atoms with Crippen molar-refractivity contribution in [3.05, 3.63) is 23.9 Å². The minimum absolute atomic E-state index is 0.385. The van der Waals surface area contributed by atoms with Crippen molar-refractivity contribution in [3.63, 3.8) is 0 Å². The Morgan fingerprint density at radius 1 is 1.52 bits per heavy atom. The van der Waals surface area contributed by atoms with Gasteiger partial charge in [0.15, 0.2) is 0 Å². The van der Waals surface area contributed by atoms with Crippen molar-refractivity contribution >= 4 is 11.7 Å². The Morgan fingerprint density at radius 2 is 2.29 bits per heavy atom. The summed E-state index contributed by atoms with van der Waals surface area (Å²) in [7, 11) is 0. The predicted molar refractivity (Wildman–Crippen MR) is 68.4 cm³/mol. The number of carbonyl (C=O) groups is 1. The van der Waals surface area contributed by atoms with Gasteiger partial charge in [0.25, 0.3) is 0 Å². The molecule has 1 atom stereocenters. The highest BCUT2D eigenvalue weighted by Gasteiger charge is 2.34. The SMILES string of the molecule is N#Cc1ccc(N2CCCC2C(=O)NCC(F)(F)F)nc1. The zero-order valence-electron chi connectivity index (χ0n) is 11.0. The van der Waals surface area contributed by atoms with Gasteiger partial charge in [0.2, 0.25) is 5.91 Å². The summed E-state index contributed by atoms with van der Waals surface area (Å²) in [5, 5.41) is 10.6. The number of nitrogens with one attached hydrogen (secondary N) is 1. The normalized spacial score (nSPS) is 18.4. The second-order valence-corrected chi connectivity index (χ2v) is 4.70. The second-order valence-electron chi connectivity index (χ2n) is 4.70. The van der Waals surface area contributed by atoms with Crippen LogP contribution in [0.4, 0.5) is 19.0 Å². The number of hydrogen-bond donors (Lipinski definition) is 1. The fourth-order valence-electron chi connectivity index (χ4n) is 2.24. The predicted octanol–water partition coefficient (Wildman–Crippen LogP) is 1.60. The Labute approximate surface area is 119 Å². The number of rotatable bonds is 3. The number of halogens is 3. The van der Waals surface area contributed by atoms with Gasteiger partial charge in [-0.15, -0.1) is 0 Å². The van der Waals surface area contributed by atoms with E-state index in [0.29, 0.717) is 30.8 Å². The van der Waals surface area contributed by atoms with Gasteiger partial charge in [-0.25, -0.2) is 4.98 Å². The van der Waals surface area contributed by atoms with Crippen LogP contribution in [-0.4, -0.2) is 36.2 Å². The number of hydrogen-bond acceptors (Lipinski definition) is 4. The molecule has 1 aromatic heterocycles. The Hall–Kier alpha value is -2.30. The van der Waals surface area contributed by atoms with Gasteiger partial charge in [0.05, 0.1) is 5.56 Å². The van der Waals surface area contributed by atoms with Gasteiger partial charge in [-0.3, -0.25) is 4.79 Å². The molecule has 1 aliphatic rings. The van der Waals surface area contributed by atoms with Crippen molar-refractivity contribution in [2.24, 2.45) is 0 Å². The highest BCUT2D eigenvalue weighted by atomic mass is 19.4. The highest BCUT2D eigenvalue weighted by Crippen LogP contribution is 2.24. The van der Waals surface area contributed by atoms with Gasteiger partial charge < -0.3 is 10.2 Å². The number of anilines is 1. The maximum Gasteiger partial charge on any atom is 0.405 e. The van der Waals surface area contributed by atoms with Crippen LogP contribution in [0.5, 0.6) is 0 Å². The fourth-order valence-corrected chi connectivity index (χ4v) is 2.24. The van der Waals surface area contributed by atoms with E-state index < -0.39 is 24.7 Å². The molecule has 1 N–H and O–H groups in total. The molecule has 0 bridgehead atoms. The summed E-state index contributed by atoms with van der Waals surface area (Å²) in [6.45, 7) is -0.792. The van der Waals surface area contributed by atoms with E-state index in [-0.39, 0.29) is 0 Å². The molecule has 1 unspecified atom stereocenters. The van der Waals surface area contributed by atoms with Crippen LogP contribution in [0.15, 0.2) is 18.3 Å². The van der Waals surface area contributed by atoms with Gasteiger partial charge in [-0.1, -0.05) is 0 Å². The molecular weight excluding hydrogens is 285 g/mol. The van der Waals surface area contributed by atoms with Crippen LogP contribution < -0.4 is 10.2 Å². The zero-order chi connectivity index (χ0) is 15.5. The van der Waals surface area contributed by atoms with E-state index in [1.807, 2.05) is 11.4 Å². The Balaban J connectivity index is 2.05. The van der Waals surface area contributed by atoms with Crippen LogP contribution in [0.2, 0.25) is 0 Å². The number of alkyl halides is 3. The molecule has 8 heteroatoms. The van der Waals surface area contributed by atoms with Gasteiger partial charge in [-0.2, -0.15) is 18.4 Å². The van der Waals surface area contributed by atoms with Crippen LogP contribution in [-0.2, 0) is 4.79 Å². The van der Waals surface area contributed by atoms with E-state index in [1.165, 1.54) is 6.20 Å². The minimum Gasteiger partial charge on any atom is -0.345 e. The average Bonchev–Trinajstić information content (AvgIpc) is 2.93. The lowest BCUT2D eigenvalue weighted by Gasteiger charge is -2.25. The van der Waals surface area contributed by atoms with Crippen molar-refractivity contribution < 1.29 is 18.0 Å². The molecule has 1 aromatic rings. The molecule has 0 aliphatic carbocycles. The summed E-state index contributed by atoms with van der Waals surface area (Å²) in [5.74, 6) is -0.172. The van der Waals surface area contributed by atoms with Crippen LogP contribution in [0.3, 0.4) is 0 Å². The molecular formula is C13H13F3N4O. The van der Waals surface area contributed by atoms with Gasteiger partial charge in [-0.05, 0) is 25.0 Å². The number of nitrogens with zero attached hydrogens (tertiary/aromatic N) is 3. The number of amides is 1. The van der Waals surface area contributed by atoms with E-state index in [4.69, 9.17) is 5.26 Å². The first kappa shape index (κ1) is 15.1. The standard InChI is InChI=1S/C13H13F3N4O/c14-13(15,16)8-19-12(21)10-2-1-5-20(10)11-4-3-9(6-17)7-18-11/h3-4,7,10H,1-2,5,8H2,(H,19,21). The van der Waals surface area contributed by atoms with Crippen LogP contribution in [0.25, 0.3) is 0 Å². The maximum atomic E-state index is 12.1. The summed E-state index contributed by atoms with van der Waals surface area (Å²) < 4.78 is 36.4. The molecule has 5 nitrogen and oxygen atoms in total. The van der Waals surface area contributed by atoms with Crippen molar-refractivity contribution in [2.45, 2.75) is 25.1 Å². The topological polar surface area (TPSA) is 69.0 Å². The van der Waals surface area contributed by atoms with E-state index in [1.54, 1.807) is 17.0 Å². The number of pyridine rings is 1. The third-order valence-electron chi connectivity index (χ3n) is 3.19. The number of carbonyl (C=O) groups excluding carboxylic acids is 1. The molecule has 1 fully saturated rings. The maximum absolute atomic E-state index is 12.1. The van der Waals surface area contributed by atoms with E-state index >= 15 is 0 Å². The zero-order valence-corrected chi connectivity index (χ0v) is 11.0. The molecule has 1 aliphatic heterocycles. The molecule has 1 saturated heterocycles. The summed E-state index contributed by atoms with van der Waals surface area (Å²) in [6.07, 6.45) is -1.87. The van der Waals surface area contributed by atoms with Crippen molar-refractivity contribution in [1.82, 2.24) is 10.3 Å². The molecule has 2 heterocycles. The van der Waals surface area contributed by atoms with Crippen molar-refractivity contribution in [3.8, 4) is 6.07 Å². The van der Waals surface area contributed by atoms with E-state index in [2.05, 4.69) is 4.98 Å². The van der Waals surface area contributed by atoms with Gasteiger partial charge in [0.1, 0.15) is 24.5 Å². The molecule has 0 spiro atoms. The quantitative estimate of drug-likeness (QED) is 0.920. The Kier molecular flexibility index (Phi) is 4.31. The molecule has 0 aromatic carbocycles. The number of nitriles is 1. The summed E-state index contributed by atoms with van der Waals surface area (Å²) >= 11 is 0. The Morgan fingerprint density at radius 3 is 2.86 bits per heavy atom. The molecule has 1 amide bonds. The lowest BCUT2D eigenvalue weighted by atomic mass is 10.2. The molecule has 0 radical (unpaired) electrons. The molecule has 0 saturated carbocycles. The second kappa shape index (κ2) is 5.99. The van der Waals surface area contributed by atoms with Gasteiger partial charge >= 0.3 is 6.18 Å². The van der Waals surface area contributed by atoms with Crippen molar-refractivity contribution in [1.29, 1.82) is 5.26 Å². The van der Waals surface area contributed by atoms with E-state index in [0.717, 1.165) is 0 Å². The first-order valence-corrected chi connectivity index (χ1v) is 6.38. The fraction of sp³-hybridized carbons (Fsp3) is 0.462. The first-order valence-electron chi connectivity index (χ1n) is 6.38.